The Morgan fingerprint density at radius 2 is 1.83 bits per heavy atom. The third-order valence-corrected chi connectivity index (χ3v) is 6.07. The Labute approximate surface area is 80.5 Å². The topological polar surface area (TPSA) is 0 Å². The SMILES string of the molecule is CC(C)C12CCCC(C)(CC1)S2. The Kier molecular flexibility index (Phi) is 1.98. The molecule has 1 heteroatoms. The van der Waals surface area contributed by atoms with Crippen molar-refractivity contribution in [3.8, 4) is 0 Å². The molecule has 0 nitrogen and oxygen atoms in total. The molecular formula is C11H20S. The summed E-state index contributed by atoms with van der Waals surface area (Å²) in [6, 6.07) is 0. The lowest BCUT2D eigenvalue weighted by molar-refractivity contribution is 0.394. The van der Waals surface area contributed by atoms with Gasteiger partial charge in [-0.15, -0.1) is 11.8 Å². The molecule has 0 aromatic carbocycles. The molecule has 0 amide bonds. The summed E-state index contributed by atoms with van der Waals surface area (Å²) >= 11 is 2.31. The van der Waals surface area contributed by atoms with Gasteiger partial charge in [0.15, 0.2) is 0 Å². The standard InChI is InChI=1S/C11H20S/c1-9(2)11-6-4-5-10(3,12-11)7-8-11/h9H,4-8H2,1-3H3. The van der Waals surface area contributed by atoms with Crippen LogP contribution in [0.1, 0.15) is 52.9 Å². The first-order chi connectivity index (χ1) is 5.56. The maximum absolute atomic E-state index is 2.47. The van der Waals surface area contributed by atoms with E-state index in [0.29, 0.717) is 9.49 Å². The number of hydrogen-bond acceptors (Lipinski definition) is 1. The summed E-state index contributed by atoms with van der Waals surface area (Å²) in [5.41, 5.74) is 0. The first kappa shape index (κ1) is 8.93. The fourth-order valence-corrected chi connectivity index (χ4v) is 5.00. The number of hydrogen-bond donors (Lipinski definition) is 0. The molecule has 0 spiro atoms. The number of thioether (sulfide) groups is 1. The van der Waals surface area contributed by atoms with Gasteiger partial charge in [-0.1, -0.05) is 27.2 Å². The van der Waals surface area contributed by atoms with Crippen LogP contribution < -0.4 is 0 Å². The molecule has 0 aromatic heterocycles. The average Bonchev–Trinajstić information content (AvgIpc) is 2.24. The Hall–Kier alpha value is 0.350. The minimum atomic E-state index is 0.655. The molecule has 2 unspecified atom stereocenters. The zero-order valence-electron chi connectivity index (χ0n) is 8.52. The van der Waals surface area contributed by atoms with Gasteiger partial charge >= 0.3 is 0 Å². The zero-order chi connectivity index (χ0) is 8.82. The van der Waals surface area contributed by atoms with Crippen molar-refractivity contribution in [2.24, 2.45) is 5.92 Å². The molecule has 2 aliphatic rings. The number of fused-ring (bicyclic) bond motifs is 2. The van der Waals surface area contributed by atoms with Crippen LogP contribution in [0.5, 0.6) is 0 Å². The van der Waals surface area contributed by atoms with Crippen molar-refractivity contribution in [2.75, 3.05) is 0 Å². The van der Waals surface area contributed by atoms with Crippen LogP contribution in [0.4, 0.5) is 0 Å². The molecule has 2 fully saturated rings. The van der Waals surface area contributed by atoms with Gasteiger partial charge in [0, 0.05) is 9.49 Å². The second-order valence-electron chi connectivity index (χ2n) is 5.12. The predicted molar refractivity (Wildman–Crippen MR) is 56.7 cm³/mol. The molecule has 2 atom stereocenters. The van der Waals surface area contributed by atoms with Crippen molar-refractivity contribution in [2.45, 2.75) is 62.4 Å². The van der Waals surface area contributed by atoms with Crippen LogP contribution in [-0.2, 0) is 0 Å². The van der Waals surface area contributed by atoms with Gasteiger partial charge in [-0.25, -0.2) is 0 Å². The van der Waals surface area contributed by atoms with E-state index in [1.54, 1.807) is 0 Å². The Bertz CT molecular complexity index is 187. The first-order valence-electron chi connectivity index (χ1n) is 5.27. The summed E-state index contributed by atoms with van der Waals surface area (Å²) in [5, 5.41) is 0. The van der Waals surface area contributed by atoms with Gasteiger partial charge in [-0.3, -0.25) is 0 Å². The number of rotatable bonds is 1. The van der Waals surface area contributed by atoms with Crippen LogP contribution in [0.15, 0.2) is 0 Å². The maximum Gasteiger partial charge on any atom is 0.0189 e. The van der Waals surface area contributed by atoms with Crippen LogP contribution in [-0.4, -0.2) is 9.49 Å². The van der Waals surface area contributed by atoms with Gasteiger partial charge in [-0.05, 0) is 31.6 Å². The third-order valence-electron chi connectivity index (χ3n) is 3.88. The lowest BCUT2D eigenvalue weighted by Gasteiger charge is -2.40. The van der Waals surface area contributed by atoms with Gasteiger partial charge in [0.05, 0.1) is 0 Å². The summed E-state index contributed by atoms with van der Waals surface area (Å²) in [5.74, 6) is 0.879. The van der Waals surface area contributed by atoms with Crippen molar-refractivity contribution < 1.29 is 0 Å². The molecule has 2 aliphatic heterocycles. The van der Waals surface area contributed by atoms with E-state index in [2.05, 4.69) is 32.5 Å². The third kappa shape index (κ3) is 1.21. The molecule has 0 radical (unpaired) electrons. The summed E-state index contributed by atoms with van der Waals surface area (Å²) in [7, 11) is 0. The molecule has 12 heavy (non-hydrogen) atoms. The maximum atomic E-state index is 2.47. The quantitative estimate of drug-likeness (QED) is 0.596. The molecular weight excluding hydrogens is 164 g/mol. The van der Waals surface area contributed by atoms with Crippen LogP contribution in [0.3, 0.4) is 0 Å². The predicted octanol–water partition coefficient (Wildman–Crippen LogP) is 3.85. The van der Waals surface area contributed by atoms with Crippen LogP contribution >= 0.6 is 11.8 Å². The molecule has 0 N–H and O–H groups in total. The van der Waals surface area contributed by atoms with Crippen molar-refractivity contribution in [1.29, 1.82) is 0 Å². The molecule has 2 heterocycles. The van der Waals surface area contributed by atoms with Crippen molar-refractivity contribution in [3.05, 3.63) is 0 Å². The van der Waals surface area contributed by atoms with Crippen LogP contribution in [0.2, 0.25) is 0 Å². The summed E-state index contributed by atoms with van der Waals surface area (Å²) in [6.45, 7) is 7.29. The first-order valence-corrected chi connectivity index (χ1v) is 6.08. The highest BCUT2D eigenvalue weighted by molar-refractivity contribution is 8.02. The van der Waals surface area contributed by atoms with Gasteiger partial charge in [-0.2, -0.15) is 0 Å². The van der Waals surface area contributed by atoms with Crippen molar-refractivity contribution in [3.63, 3.8) is 0 Å². The normalized spacial score (nSPS) is 47.0. The Morgan fingerprint density at radius 1 is 1.08 bits per heavy atom. The minimum Gasteiger partial charge on any atom is -0.148 e. The lowest BCUT2D eigenvalue weighted by atomic mass is 9.88. The smallest absolute Gasteiger partial charge is 0.0189 e. The van der Waals surface area contributed by atoms with E-state index < -0.39 is 0 Å². The monoisotopic (exact) mass is 184 g/mol. The van der Waals surface area contributed by atoms with Gasteiger partial charge in [0.2, 0.25) is 0 Å². The fourth-order valence-electron chi connectivity index (χ4n) is 2.88. The van der Waals surface area contributed by atoms with E-state index in [1.807, 2.05) is 0 Å². The second-order valence-corrected chi connectivity index (χ2v) is 7.13. The summed E-state index contributed by atoms with van der Waals surface area (Å²) in [6.07, 6.45) is 7.36. The fraction of sp³-hybridized carbons (Fsp3) is 1.00. The van der Waals surface area contributed by atoms with E-state index >= 15 is 0 Å². The van der Waals surface area contributed by atoms with Gasteiger partial charge < -0.3 is 0 Å². The molecule has 0 saturated carbocycles. The van der Waals surface area contributed by atoms with Crippen LogP contribution in [0.25, 0.3) is 0 Å². The lowest BCUT2D eigenvalue weighted by Crippen LogP contribution is -2.33. The Morgan fingerprint density at radius 3 is 2.42 bits per heavy atom. The molecule has 2 bridgehead atoms. The Balaban J connectivity index is 2.20. The minimum absolute atomic E-state index is 0.655. The van der Waals surface area contributed by atoms with E-state index in [1.165, 1.54) is 32.1 Å². The molecule has 70 valence electrons. The largest absolute Gasteiger partial charge is 0.148 e. The van der Waals surface area contributed by atoms with E-state index in [0.717, 1.165) is 5.92 Å². The second kappa shape index (κ2) is 2.67. The highest BCUT2D eigenvalue weighted by Crippen LogP contribution is 2.61. The van der Waals surface area contributed by atoms with Gasteiger partial charge in [0.25, 0.3) is 0 Å². The molecule has 0 aromatic rings. The van der Waals surface area contributed by atoms with E-state index in [4.69, 9.17) is 0 Å². The highest BCUT2D eigenvalue weighted by atomic mass is 32.2. The molecule has 2 saturated heterocycles. The van der Waals surface area contributed by atoms with Gasteiger partial charge in [0.1, 0.15) is 0 Å². The van der Waals surface area contributed by atoms with E-state index in [9.17, 15) is 0 Å². The van der Waals surface area contributed by atoms with Crippen molar-refractivity contribution in [1.82, 2.24) is 0 Å². The highest BCUT2D eigenvalue weighted by Gasteiger charge is 2.50. The molecule has 2 rings (SSSR count). The summed E-state index contributed by atoms with van der Waals surface area (Å²) < 4.78 is 1.33. The summed E-state index contributed by atoms with van der Waals surface area (Å²) in [4.78, 5) is 0. The van der Waals surface area contributed by atoms with Crippen LogP contribution in [0, 0.1) is 5.92 Å². The van der Waals surface area contributed by atoms with E-state index in [-0.39, 0.29) is 0 Å². The zero-order valence-corrected chi connectivity index (χ0v) is 9.34. The average molecular weight is 184 g/mol. The van der Waals surface area contributed by atoms with Crippen molar-refractivity contribution >= 4 is 11.8 Å². The molecule has 0 aliphatic carbocycles.